The predicted molar refractivity (Wildman–Crippen MR) is 70.6 cm³/mol. The monoisotopic (exact) mass is 234 g/mol. The lowest BCUT2D eigenvalue weighted by Crippen LogP contribution is -2.42. The molecule has 2 rings (SSSR count). The molecule has 0 radical (unpaired) electrons. The normalized spacial score (nSPS) is 35.0. The van der Waals surface area contributed by atoms with Crippen LogP contribution in [0.4, 0.5) is 0 Å². The first-order chi connectivity index (χ1) is 8.25. The minimum absolute atomic E-state index is 0.332. The third-order valence-corrected chi connectivity index (χ3v) is 3.22. The lowest BCUT2D eigenvalue weighted by molar-refractivity contribution is -0.0147. The maximum atomic E-state index is 6.10. The molecule has 0 saturated carbocycles. The number of nitrogens with two attached hydrogens (primary N) is 1. The molecule has 0 aromatic heterocycles. The average molecular weight is 234 g/mol. The summed E-state index contributed by atoms with van der Waals surface area (Å²) in [5.74, 6) is 0. The van der Waals surface area contributed by atoms with Gasteiger partial charge in [0, 0.05) is 25.3 Å². The summed E-state index contributed by atoms with van der Waals surface area (Å²) in [6, 6.07) is 0. The van der Waals surface area contributed by atoms with E-state index in [4.69, 9.17) is 10.5 Å². The van der Waals surface area contributed by atoms with E-state index in [0.717, 1.165) is 44.8 Å². The van der Waals surface area contributed by atoms with Gasteiger partial charge >= 0.3 is 0 Å². The Morgan fingerprint density at radius 3 is 3.18 bits per heavy atom. The molecular weight excluding hydrogens is 212 g/mol. The van der Waals surface area contributed by atoms with Gasteiger partial charge in [-0.15, -0.1) is 0 Å². The van der Waals surface area contributed by atoms with Gasteiger partial charge in [-0.1, -0.05) is 24.3 Å². The number of nitrogens with zero attached hydrogens (tertiary/aromatic N) is 1. The molecule has 3 nitrogen and oxygen atoms in total. The molecule has 2 aliphatic rings. The van der Waals surface area contributed by atoms with Crippen molar-refractivity contribution in [2.24, 2.45) is 5.73 Å². The van der Waals surface area contributed by atoms with Crippen molar-refractivity contribution >= 4 is 0 Å². The highest BCUT2D eigenvalue weighted by Crippen LogP contribution is 2.14. The van der Waals surface area contributed by atoms with Crippen LogP contribution in [0.15, 0.2) is 35.6 Å². The van der Waals surface area contributed by atoms with Gasteiger partial charge in [0.2, 0.25) is 0 Å². The molecule has 1 aliphatic carbocycles. The second-order valence-electron chi connectivity index (χ2n) is 4.77. The summed E-state index contributed by atoms with van der Waals surface area (Å²) in [6.45, 7) is 5.87. The minimum atomic E-state index is 0.332. The number of rotatable bonds is 2. The number of morpholine rings is 1. The van der Waals surface area contributed by atoms with Gasteiger partial charge in [-0.3, -0.25) is 4.90 Å². The van der Waals surface area contributed by atoms with Crippen LogP contribution in [0.3, 0.4) is 0 Å². The third-order valence-electron chi connectivity index (χ3n) is 3.22. The van der Waals surface area contributed by atoms with Crippen LogP contribution in [-0.2, 0) is 4.74 Å². The van der Waals surface area contributed by atoms with Crippen LogP contribution in [0.5, 0.6) is 0 Å². The lowest BCUT2D eigenvalue weighted by Gasteiger charge is -2.31. The molecule has 0 amide bonds. The topological polar surface area (TPSA) is 38.5 Å². The summed E-state index contributed by atoms with van der Waals surface area (Å²) in [4.78, 5) is 2.41. The summed E-state index contributed by atoms with van der Waals surface area (Å²) in [6.07, 6.45) is 11.1. The molecule has 0 bridgehead atoms. The Bertz CT molecular complexity index is 344. The summed E-state index contributed by atoms with van der Waals surface area (Å²) >= 11 is 0. The van der Waals surface area contributed by atoms with E-state index in [1.165, 1.54) is 5.57 Å². The fourth-order valence-electron chi connectivity index (χ4n) is 2.26. The fourth-order valence-corrected chi connectivity index (χ4v) is 2.26. The Labute approximate surface area is 104 Å². The van der Waals surface area contributed by atoms with Crippen molar-refractivity contribution in [2.75, 3.05) is 26.2 Å². The van der Waals surface area contributed by atoms with Crippen LogP contribution in [0.25, 0.3) is 0 Å². The molecular formula is C14H22N2O. The SMILES string of the molecule is CC1CN(CC2=C/C=C\CC/C=C\2N)CCO1. The zero-order chi connectivity index (χ0) is 12.1. The molecule has 0 aromatic rings. The number of hydrogen-bond acceptors (Lipinski definition) is 3. The van der Waals surface area contributed by atoms with E-state index in [2.05, 4.69) is 36.1 Å². The molecule has 0 spiro atoms. The highest BCUT2D eigenvalue weighted by molar-refractivity contribution is 5.33. The quantitative estimate of drug-likeness (QED) is 0.792. The van der Waals surface area contributed by atoms with E-state index >= 15 is 0 Å². The van der Waals surface area contributed by atoms with E-state index in [1.54, 1.807) is 0 Å². The average Bonchev–Trinajstić information content (AvgIpc) is 2.29. The van der Waals surface area contributed by atoms with Crippen molar-refractivity contribution in [1.82, 2.24) is 4.90 Å². The van der Waals surface area contributed by atoms with Gasteiger partial charge in [0.25, 0.3) is 0 Å². The van der Waals surface area contributed by atoms with Crippen LogP contribution in [-0.4, -0.2) is 37.2 Å². The smallest absolute Gasteiger partial charge is 0.0674 e. The molecule has 3 heteroatoms. The van der Waals surface area contributed by atoms with E-state index in [-0.39, 0.29) is 0 Å². The van der Waals surface area contributed by atoms with Crippen molar-refractivity contribution in [2.45, 2.75) is 25.9 Å². The molecule has 1 fully saturated rings. The molecule has 1 heterocycles. The summed E-state index contributed by atoms with van der Waals surface area (Å²) < 4.78 is 5.55. The van der Waals surface area contributed by atoms with Gasteiger partial charge in [-0.05, 0) is 25.3 Å². The summed E-state index contributed by atoms with van der Waals surface area (Å²) in [7, 11) is 0. The first-order valence-electron chi connectivity index (χ1n) is 6.41. The maximum absolute atomic E-state index is 6.10. The Morgan fingerprint density at radius 1 is 1.47 bits per heavy atom. The molecule has 1 unspecified atom stereocenters. The van der Waals surface area contributed by atoms with Gasteiger partial charge in [-0.25, -0.2) is 0 Å². The zero-order valence-corrected chi connectivity index (χ0v) is 10.6. The van der Waals surface area contributed by atoms with E-state index in [0.29, 0.717) is 6.10 Å². The molecule has 1 aliphatic heterocycles. The largest absolute Gasteiger partial charge is 0.399 e. The van der Waals surface area contributed by atoms with Crippen molar-refractivity contribution in [3.63, 3.8) is 0 Å². The van der Waals surface area contributed by atoms with Crippen LogP contribution in [0.2, 0.25) is 0 Å². The highest BCUT2D eigenvalue weighted by atomic mass is 16.5. The molecule has 17 heavy (non-hydrogen) atoms. The number of allylic oxidation sites excluding steroid dienone is 4. The summed E-state index contributed by atoms with van der Waals surface area (Å²) in [5.41, 5.74) is 8.27. The van der Waals surface area contributed by atoms with Crippen molar-refractivity contribution < 1.29 is 4.74 Å². The van der Waals surface area contributed by atoms with E-state index in [1.807, 2.05) is 0 Å². The second kappa shape index (κ2) is 6.03. The van der Waals surface area contributed by atoms with Gasteiger partial charge in [0.05, 0.1) is 12.7 Å². The molecule has 1 atom stereocenters. The maximum Gasteiger partial charge on any atom is 0.0674 e. The van der Waals surface area contributed by atoms with Crippen molar-refractivity contribution in [3.05, 3.63) is 35.6 Å². The fraction of sp³-hybridized carbons (Fsp3) is 0.571. The highest BCUT2D eigenvalue weighted by Gasteiger charge is 2.17. The number of hydrogen-bond donors (Lipinski definition) is 1. The molecule has 1 saturated heterocycles. The molecule has 2 N–H and O–H groups in total. The second-order valence-corrected chi connectivity index (χ2v) is 4.77. The van der Waals surface area contributed by atoms with Gasteiger partial charge < -0.3 is 10.5 Å². The number of ether oxygens (including phenoxy) is 1. The molecule has 94 valence electrons. The zero-order valence-electron chi connectivity index (χ0n) is 10.6. The van der Waals surface area contributed by atoms with Crippen molar-refractivity contribution in [1.29, 1.82) is 0 Å². The summed E-state index contributed by atoms with van der Waals surface area (Å²) in [5, 5.41) is 0. The Morgan fingerprint density at radius 2 is 2.35 bits per heavy atom. The Balaban J connectivity index is 2.00. The third kappa shape index (κ3) is 3.72. The van der Waals surface area contributed by atoms with Crippen molar-refractivity contribution in [3.8, 4) is 0 Å². The van der Waals surface area contributed by atoms with Crippen LogP contribution < -0.4 is 5.73 Å². The van der Waals surface area contributed by atoms with E-state index in [9.17, 15) is 0 Å². The Hall–Kier alpha value is -1.06. The predicted octanol–water partition coefficient (Wildman–Crippen LogP) is 1.83. The Kier molecular flexibility index (Phi) is 4.40. The first-order valence-corrected chi connectivity index (χ1v) is 6.41. The standard InChI is InChI=1S/C14H22N2O/c1-12-10-16(8-9-17-12)11-13-6-4-2-3-5-7-14(13)15/h2,4,6-7,12H,3,5,8-11,15H2,1H3/b4-2-,13-6-,14-7+. The van der Waals surface area contributed by atoms with Gasteiger partial charge in [0.15, 0.2) is 0 Å². The van der Waals surface area contributed by atoms with Crippen LogP contribution in [0, 0.1) is 0 Å². The van der Waals surface area contributed by atoms with E-state index < -0.39 is 0 Å². The minimum Gasteiger partial charge on any atom is -0.399 e. The van der Waals surface area contributed by atoms with Crippen LogP contribution >= 0.6 is 0 Å². The van der Waals surface area contributed by atoms with Gasteiger partial charge in [-0.2, -0.15) is 0 Å². The first kappa shape index (κ1) is 12.4. The van der Waals surface area contributed by atoms with Gasteiger partial charge in [0.1, 0.15) is 0 Å². The lowest BCUT2D eigenvalue weighted by atomic mass is 10.1. The molecule has 0 aromatic carbocycles. The van der Waals surface area contributed by atoms with Crippen LogP contribution in [0.1, 0.15) is 19.8 Å².